The van der Waals surface area contributed by atoms with E-state index in [0.29, 0.717) is 12.1 Å². The van der Waals surface area contributed by atoms with Crippen molar-refractivity contribution in [3.05, 3.63) is 18.3 Å². The molecule has 2 saturated heterocycles. The summed E-state index contributed by atoms with van der Waals surface area (Å²) in [5.74, 6) is 0.852. The van der Waals surface area contributed by atoms with Gasteiger partial charge in [-0.3, -0.25) is 4.90 Å². The molecule has 3 N–H and O–H groups in total. The maximum absolute atomic E-state index is 5.93. The molecule has 0 saturated carbocycles. The van der Waals surface area contributed by atoms with Crippen molar-refractivity contribution in [1.29, 1.82) is 0 Å². The van der Waals surface area contributed by atoms with E-state index in [-0.39, 0.29) is 0 Å². The topological polar surface area (TPSA) is 54.2 Å². The monoisotopic (exact) mass is 232 g/mol. The lowest BCUT2D eigenvalue weighted by molar-refractivity contribution is 0.192. The summed E-state index contributed by atoms with van der Waals surface area (Å²) in [7, 11) is 0. The lowest BCUT2D eigenvalue weighted by Crippen LogP contribution is -2.41. The summed E-state index contributed by atoms with van der Waals surface area (Å²) in [5, 5.41) is 3.53. The molecule has 92 valence electrons. The van der Waals surface area contributed by atoms with Crippen LogP contribution in [0.1, 0.15) is 25.7 Å². The second kappa shape index (κ2) is 4.53. The number of hydrogen-bond acceptors (Lipinski definition) is 4. The van der Waals surface area contributed by atoms with Crippen LogP contribution in [-0.2, 0) is 0 Å². The Bertz CT molecular complexity index is 393. The van der Waals surface area contributed by atoms with Gasteiger partial charge in [-0.1, -0.05) is 6.42 Å². The van der Waals surface area contributed by atoms with Gasteiger partial charge in [0.05, 0.1) is 5.69 Å². The van der Waals surface area contributed by atoms with Crippen molar-refractivity contribution in [1.82, 2.24) is 9.88 Å². The molecule has 2 aliphatic heterocycles. The zero-order valence-corrected chi connectivity index (χ0v) is 10.1. The third kappa shape index (κ3) is 2.09. The van der Waals surface area contributed by atoms with Crippen LogP contribution in [0.3, 0.4) is 0 Å². The number of rotatable bonds is 2. The maximum atomic E-state index is 5.93. The Morgan fingerprint density at radius 3 is 3.12 bits per heavy atom. The minimum Gasteiger partial charge on any atom is -0.396 e. The van der Waals surface area contributed by atoms with Crippen molar-refractivity contribution in [2.45, 2.75) is 37.8 Å². The largest absolute Gasteiger partial charge is 0.396 e. The minimum absolute atomic E-state index is 0.521. The van der Waals surface area contributed by atoms with Crippen LogP contribution in [0.15, 0.2) is 18.3 Å². The van der Waals surface area contributed by atoms with Gasteiger partial charge in [0.15, 0.2) is 0 Å². The van der Waals surface area contributed by atoms with E-state index in [1.165, 1.54) is 38.8 Å². The number of nitrogen functional groups attached to an aromatic ring is 1. The highest BCUT2D eigenvalue weighted by molar-refractivity contribution is 5.61. The minimum atomic E-state index is 0.521. The molecule has 2 fully saturated rings. The highest BCUT2D eigenvalue weighted by Gasteiger charge is 2.35. The molecule has 0 amide bonds. The van der Waals surface area contributed by atoms with Crippen LogP contribution < -0.4 is 11.1 Å². The lowest BCUT2D eigenvalue weighted by atomic mass is 9.99. The standard InChI is InChI=1S/C13H20N4/c14-10-4-3-7-15-13(10)16-11-6-9-17-8-2-1-5-12(11)17/h3-4,7,11-12H,1-2,5-6,8-9,14H2,(H,15,16). The smallest absolute Gasteiger partial charge is 0.149 e. The number of hydrogen-bond donors (Lipinski definition) is 2. The first-order valence-corrected chi connectivity index (χ1v) is 6.55. The van der Waals surface area contributed by atoms with E-state index < -0.39 is 0 Å². The Morgan fingerprint density at radius 1 is 1.29 bits per heavy atom. The molecule has 2 atom stereocenters. The number of piperidine rings is 1. The first-order chi connectivity index (χ1) is 8.34. The van der Waals surface area contributed by atoms with Gasteiger partial charge in [0.2, 0.25) is 0 Å². The predicted octanol–water partition coefficient (Wildman–Crippen LogP) is 1.70. The predicted molar refractivity (Wildman–Crippen MR) is 69.9 cm³/mol. The summed E-state index contributed by atoms with van der Waals surface area (Å²) >= 11 is 0. The summed E-state index contributed by atoms with van der Waals surface area (Å²) in [6.45, 7) is 2.48. The van der Waals surface area contributed by atoms with Crippen molar-refractivity contribution in [2.75, 3.05) is 24.1 Å². The molecule has 1 aromatic rings. The number of pyridine rings is 1. The van der Waals surface area contributed by atoms with Crippen LogP contribution in [0.25, 0.3) is 0 Å². The quantitative estimate of drug-likeness (QED) is 0.815. The number of aromatic nitrogens is 1. The van der Waals surface area contributed by atoms with E-state index in [1.54, 1.807) is 6.20 Å². The third-order valence-corrected chi connectivity index (χ3v) is 4.02. The molecule has 4 heteroatoms. The summed E-state index contributed by atoms with van der Waals surface area (Å²) in [6.07, 6.45) is 7.03. The number of nitrogens with two attached hydrogens (primary N) is 1. The summed E-state index contributed by atoms with van der Waals surface area (Å²) in [6, 6.07) is 4.99. The van der Waals surface area contributed by atoms with Crippen molar-refractivity contribution < 1.29 is 0 Å². The molecule has 4 nitrogen and oxygen atoms in total. The molecule has 3 rings (SSSR count). The molecule has 0 aromatic carbocycles. The van der Waals surface area contributed by atoms with Crippen molar-refractivity contribution in [2.24, 2.45) is 0 Å². The molecule has 0 radical (unpaired) electrons. The Hall–Kier alpha value is -1.29. The Kier molecular flexibility index (Phi) is 2.89. The van der Waals surface area contributed by atoms with Gasteiger partial charge in [-0.25, -0.2) is 4.98 Å². The maximum Gasteiger partial charge on any atom is 0.149 e. The van der Waals surface area contributed by atoms with Crippen molar-refractivity contribution in [3.63, 3.8) is 0 Å². The second-order valence-electron chi connectivity index (χ2n) is 5.08. The molecule has 1 aromatic heterocycles. The Balaban J connectivity index is 1.71. The molecule has 0 bridgehead atoms. The highest BCUT2D eigenvalue weighted by Crippen LogP contribution is 2.29. The van der Waals surface area contributed by atoms with E-state index in [4.69, 9.17) is 5.73 Å². The van der Waals surface area contributed by atoms with Crippen LogP contribution >= 0.6 is 0 Å². The van der Waals surface area contributed by atoms with Crippen LogP contribution in [0.4, 0.5) is 11.5 Å². The third-order valence-electron chi connectivity index (χ3n) is 4.02. The van der Waals surface area contributed by atoms with Crippen LogP contribution in [0.2, 0.25) is 0 Å². The molecule has 0 spiro atoms. The molecule has 2 unspecified atom stereocenters. The Labute approximate surface area is 102 Å². The van der Waals surface area contributed by atoms with Gasteiger partial charge in [0, 0.05) is 24.8 Å². The van der Waals surface area contributed by atoms with Gasteiger partial charge < -0.3 is 11.1 Å². The molecular formula is C13H20N4. The molecule has 2 aliphatic rings. The van der Waals surface area contributed by atoms with E-state index in [0.717, 1.165) is 11.5 Å². The van der Waals surface area contributed by atoms with Gasteiger partial charge in [-0.2, -0.15) is 0 Å². The number of anilines is 2. The van der Waals surface area contributed by atoms with Crippen LogP contribution in [0.5, 0.6) is 0 Å². The normalized spacial score (nSPS) is 28.9. The van der Waals surface area contributed by atoms with E-state index in [1.807, 2.05) is 12.1 Å². The summed E-state index contributed by atoms with van der Waals surface area (Å²) < 4.78 is 0. The fourth-order valence-corrected chi connectivity index (χ4v) is 3.13. The highest BCUT2D eigenvalue weighted by atomic mass is 15.2. The van der Waals surface area contributed by atoms with Gasteiger partial charge in [-0.05, 0) is 37.9 Å². The number of nitrogens with zero attached hydrogens (tertiary/aromatic N) is 2. The van der Waals surface area contributed by atoms with Crippen molar-refractivity contribution in [3.8, 4) is 0 Å². The summed E-state index contributed by atoms with van der Waals surface area (Å²) in [4.78, 5) is 6.94. The average molecular weight is 232 g/mol. The average Bonchev–Trinajstić information content (AvgIpc) is 2.76. The van der Waals surface area contributed by atoms with Gasteiger partial charge in [0.1, 0.15) is 5.82 Å². The molecule has 3 heterocycles. The van der Waals surface area contributed by atoms with Gasteiger partial charge in [0.25, 0.3) is 0 Å². The number of nitrogens with one attached hydrogen (secondary N) is 1. The summed E-state index contributed by atoms with van der Waals surface area (Å²) in [5.41, 5.74) is 6.68. The zero-order valence-electron chi connectivity index (χ0n) is 10.1. The van der Waals surface area contributed by atoms with Crippen molar-refractivity contribution >= 4 is 11.5 Å². The van der Waals surface area contributed by atoms with Gasteiger partial charge >= 0.3 is 0 Å². The van der Waals surface area contributed by atoms with Crippen LogP contribution in [-0.4, -0.2) is 35.1 Å². The lowest BCUT2D eigenvalue weighted by Gasteiger charge is -2.32. The number of fused-ring (bicyclic) bond motifs is 1. The fourth-order valence-electron chi connectivity index (χ4n) is 3.13. The SMILES string of the molecule is Nc1cccnc1NC1CCN2CCCCC12. The Morgan fingerprint density at radius 2 is 2.24 bits per heavy atom. The zero-order chi connectivity index (χ0) is 11.7. The molecule has 17 heavy (non-hydrogen) atoms. The molecular weight excluding hydrogens is 212 g/mol. The van der Waals surface area contributed by atoms with Gasteiger partial charge in [-0.15, -0.1) is 0 Å². The van der Waals surface area contributed by atoms with E-state index in [2.05, 4.69) is 15.2 Å². The van der Waals surface area contributed by atoms with E-state index in [9.17, 15) is 0 Å². The first-order valence-electron chi connectivity index (χ1n) is 6.55. The van der Waals surface area contributed by atoms with E-state index >= 15 is 0 Å². The fraction of sp³-hybridized carbons (Fsp3) is 0.615. The first kappa shape index (κ1) is 10.8. The second-order valence-corrected chi connectivity index (χ2v) is 5.08. The van der Waals surface area contributed by atoms with Crippen LogP contribution in [0, 0.1) is 0 Å². The molecule has 0 aliphatic carbocycles.